The molecule has 0 radical (unpaired) electrons. The van der Waals surface area contributed by atoms with Crippen LogP contribution in [0.15, 0.2) is 24.3 Å². The molecule has 7 nitrogen and oxygen atoms in total. The first kappa shape index (κ1) is 23.5. The molecule has 170 valence electrons. The molecule has 2 aliphatic heterocycles. The van der Waals surface area contributed by atoms with Crippen molar-refractivity contribution in [2.45, 2.75) is 33.6 Å². The molecule has 0 saturated carbocycles. The fraction of sp³-hybridized carbons (Fsp3) is 0.609. The highest BCUT2D eigenvalue weighted by Gasteiger charge is 2.35. The molecule has 1 N–H and O–H groups in total. The number of piperidine rings is 1. The lowest BCUT2D eigenvalue weighted by molar-refractivity contribution is -0.146. The summed E-state index contributed by atoms with van der Waals surface area (Å²) in [5, 5.41) is 3.35. The first-order valence-corrected chi connectivity index (χ1v) is 11.4. The summed E-state index contributed by atoms with van der Waals surface area (Å²) in [6, 6.07) is 7.16. The Hall–Kier alpha value is -2.12. The fourth-order valence-corrected chi connectivity index (χ4v) is 4.36. The molecule has 3 amide bonds. The van der Waals surface area contributed by atoms with Gasteiger partial charge in [0.05, 0.1) is 23.2 Å². The van der Waals surface area contributed by atoms with E-state index in [0.717, 1.165) is 19.4 Å². The minimum Gasteiger partial charge on any atom is -0.341 e. The topological polar surface area (TPSA) is 73.0 Å². The number of para-hydroxylation sites is 1. The van der Waals surface area contributed by atoms with Gasteiger partial charge in [-0.25, -0.2) is 0 Å². The van der Waals surface area contributed by atoms with Crippen molar-refractivity contribution in [3.8, 4) is 0 Å². The van der Waals surface area contributed by atoms with Crippen molar-refractivity contribution < 1.29 is 14.4 Å². The summed E-state index contributed by atoms with van der Waals surface area (Å²) >= 11 is 6.10. The number of benzene rings is 1. The molecule has 2 fully saturated rings. The quantitative estimate of drug-likeness (QED) is 0.768. The maximum Gasteiger partial charge on any atom is 0.238 e. The van der Waals surface area contributed by atoms with Crippen molar-refractivity contribution in [3.05, 3.63) is 29.3 Å². The summed E-state index contributed by atoms with van der Waals surface area (Å²) in [6.07, 6.45) is 1.69. The highest BCUT2D eigenvalue weighted by molar-refractivity contribution is 6.33. The van der Waals surface area contributed by atoms with E-state index in [9.17, 15) is 14.4 Å². The Bertz CT molecular complexity index is 815. The molecule has 1 atom stereocenters. The van der Waals surface area contributed by atoms with Gasteiger partial charge >= 0.3 is 0 Å². The number of carbonyl (C=O) groups excluding carboxylic acids is 3. The van der Waals surface area contributed by atoms with Crippen LogP contribution in [0.3, 0.4) is 0 Å². The number of hydrogen-bond acceptors (Lipinski definition) is 4. The fourth-order valence-electron chi connectivity index (χ4n) is 4.18. The van der Waals surface area contributed by atoms with Crippen molar-refractivity contribution >= 4 is 35.0 Å². The molecule has 1 aromatic carbocycles. The number of halogens is 1. The summed E-state index contributed by atoms with van der Waals surface area (Å²) in [6.45, 7) is 9.77. The molecule has 31 heavy (non-hydrogen) atoms. The van der Waals surface area contributed by atoms with E-state index >= 15 is 0 Å². The molecule has 1 unspecified atom stereocenters. The van der Waals surface area contributed by atoms with Crippen LogP contribution in [-0.2, 0) is 14.4 Å². The van der Waals surface area contributed by atoms with Crippen molar-refractivity contribution in [1.29, 1.82) is 0 Å². The second-order valence-electron chi connectivity index (χ2n) is 9.47. The van der Waals surface area contributed by atoms with E-state index in [1.165, 1.54) is 0 Å². The third-order valence-corrected chi connectivity index (χ3v) is 6.23. The van der Waals surface area contributed by atoms with E-state index in [1.807, 2.05) is 47.6 Å². The minimum absolute atomic E-state index is 0.111. The first-order chi connectivity index (χ1) is 14.6. The second kappa shape index (κ2) is 10.0. The number of piperazine rings is 1. The van der Waals surface area contributed by atoms with Crippen molar-refractivity contribution in [2.75, 3.05) is 51.1 Å². The SMILES string of the molecule is CC(C)(C)C(=O)N1CCCC(C(=O)N2CCN(CC(=O)Nc3ccccc3Cl)CC2)C1. The normalized spacial score (nSPS) is 20.5. The van der Waals surface area contributed by atoms with Crippen LogP contribution < -0.4 is 5.32 Å². The van der Waals surface area contributed by atoms with E-state index in [0.29, 0.717) is 43.4 Å². The minimum atomic E-state index is -0.429. The van der Waals surface area contributed by atoms with Gasteiger partial charge in [0.2, 0.25) is 17.7 Å². The average Bonchev–Trinajstić information content (AvgIpc) is 2.74. The highest BCUT2D eigenvalue weighted by Crippen LogP contribution is 2.25. The van der Waals surface area contributed by atoms with Crippen LogP contribution in [0.5, 0.6) is 0 Å². The molecule has 2 saturated heterocycles. The zero-order valence-electron chi connectivity index (χ0n) is 18.7. The number of amides is 3. The van der Waals surface area contributed by atoms with Crippen molar-refractivity contribution in [2.24, 2.45) is 11.3 Å². The van der Waals surface area contributed by atoms with Crippen LogP contribution >= 0.6 is 11.6 Å². The predicted molar refractivity (Wildman–Crippen MR) is 122 cm³/mol. The molecule has 8 heteroatoms. The largest absolute Gasteiger partial charge is 0.341 e. The van der Waals surface area contributed by atoms with Crippen LogP contribution in [0, 0.1) is 11.3 Å². The Kier molecular flexibility index (Phi) is 7.59. The second-order valence-corrected chi connectivity index (χ2v) is 9.88. The van der Waals surface area contributed by atoms with Crippen LogP contribution in [-0.4, -0.2) is 78.2 Å². The van der Waals surface area contributed by atoms with Crippen LogP contribution in [0.2, 0.25) is 5.02 Å². The molecule has 0 aromatic heterocycles. The predicted octanol–water partition coefficient (Wildman–Crippen LogP) is 2.71. The van der Waals surface area contributed by atoms with Gasteiger partial charge < -0.3 is 15.1 Å². The highest BCUT2D eigenvalue weighted by atomic mass is 35.5. The van der Waals surface area contributed by atoms with Gasteiger partial charge in [-0.2, -0.15) is 0 Å². The third kappa shape index (κ3) is 6.20. The van der Waals surface area contributed by atoms with Crippen molar-refractivity contribution in [1.82, 2.24) is 14.7 Å². The summed E-state index contributed by atoms with van der Waals surface area (Å²) < 4.78 is 0. The van der Waals surface area contributed by atoms with Gasteiger partial charge in [0, 0.05) is 44.7 Å². The monoisotopic (exact) mass is 448 g/mol. The molecule has 2 aliphatic rings. The van der Waals surface area contributed by atoms with E-state index in [1.54, 1.807) is 12.1 Å². The number of rotatable bonds is 4. The van der Waals surface area contributed by atoms with E-state index in [4.69, 9.17) is 11.6 Å². The number of nitrogens with one attached hydrogen (secondary N) is 1. The lowest BCUT2D eigenvalue weighted by Gasteiger charge is -2.40. The number of anilines is 1. The smallest absolute Gasteiger partial charge is 0.238 e. The zero-order chi connectivity index (χ0) is 22.6. The third-order valence-electron chi connectivity index (χ3n) is 5.90. The molecule has 2 heterocycles. The number of hydrogen-bond donors (Lipinski definition) is 1. The van der Waals surface area contributed by atoms with Gasteiger partial charge in [-0.1, -0.05) is 44.5 Å². The van der Waals surface area contributed by atoms with E-state index in [-0.39, 0.29) is 30.2 Å². The Morgan fingerprint density at radius 2 is 1.71 bits per heavy atom. The Balaban J connectivity index is 1.46. The number of likely N-dealkylation sites (tertiary alicyclic amines) is 1. The maximum atomic E-state index is 13.1. The summed E-state index contributed by atoms with van der Waals surface area (Å²) in [4.78, 5) is 43.8. The standard InChI is InChI=1S/C23H33ClN4O3/c1-23(2,3)22(31)28-10-6-7-17(15-28)21(30)27-13-11-26(12-14-27)16-20(29)25-19-9-5-4-8-18(19)24/h4-5,8-9,17H,6-7,10-16H2,1-3H3,(H,25,29). The van der Waals surface area contributed by atoms with Gasteiger partial charge in [0.15, 0.2) is 0 Å². The molecular weight excluding hydrogens is 416 g/mol. The maximum absolute atomic E-state index is 13.1. The van der Waals surface area contributed by atoms with Gasteiger partial charge in [-0.3, -0.25) is 19.3 Å². The van der Waals surface area contributed by atoms with Gasteiger partial charge in [0.1, 0.15) is 0 Å². The van der Waals surface area contributed by atoms with E-state index < -0.39 is 5.41 Å². The molecule has 0 bridgehead atoms. The molecule has 0 aliphatic carbocycles. The zero-order valence-corrected chi connectivity index (χ0v) is 19.5. The average molecular weight is 449 g/mol. The molecule has 0 spiro atoms. The van der Waals surface area contributed by atoms with Gasteiger partial charge in [-0.15, -0.1) is 0 Å². The van der Waals surface area contributed by atoms with E-state index in [2.05, 4.69) is 5.32 Å². The molecule has 1 aromatic rings. The Morgan fingerprint density at radius 3 is 2.35 bits per heavy atom. The summed E-state index contributed by atoms with van der Waals surface area (Å²) in [7, 11) is 0. The first-order valence-electron chi connectivity index (χ1n) is 11.0. The van der Waals surface area contributed by atoms with Gasteiger partial charge in [0.25, 0.3) is 0 Å². The molecule has 3 rings (SSSR count). The summed E-state index contributed by atoms with van der Waals surface area (Å²) in [5.74, 6) is -0.00228. The van der Waals surface area contributed by atoms with Crippen LogP contribution in [0.4, 0.5) is 5.69 Å². The summed E-state index contributed by atoms with van der Waals surface area (Å²) in [5.41, 5.74) is 0.177. The Morgan fingerprint density at radius 1 is 1.03 bits per heavy atom. The Labute approximate surface area is 189 Å². The number of carbonyl (C=O) groups is 3. The number of nitrogens with zero attached hydrogens (tertiary/aromatic N) is 3. The van der Waals surface area contributed by atoms with Gasteiger partial charge in [-0.05, 0) is 25.0 Å². The molecular formula is C23H33ClN4O3. The van der Waals surface area contributed by atoms with Crippen LogP contribution in [0.25, 0.3) is 0 Å². The lowest BCUT2D eigenvalue weighted by atomic mass is 9.90. The van der Waals surface area contributed by atoms with Crippen molar-refractivity contribution in [3.63, 3.8) is 0 Å². The van der Waals surface area contributed by atoms with Crippen LogP contribution in [0.1, 0.15) is 33.6 Å². The lowest BCUT2D eigenvalue weighted by Crippen LogP contribution is -2.54.